The number of amides is 2. The molecular weight excluding hydrogens is 332 g/mol. The second-order valence-corrected chi connectivity index (χ2v) is 6.65. The van der Waals surface area contributed by atoms with Gasteiger partial charge in [0.05, 0.1) is 0 Å². The van der Waals surface area contributed by atoms with Crippen LogP contribution in [0.25, 0.3) is 0 Å². The molecule has 134 valence electrons. The minimum Gasteiger partial charge on any atom is -0.336 e. The Morgan fingerprint density at radius 1 is 0.692 bits per heavy atom. The van der Waals surface area contributed by atoms with Gasteiger partial charge in [-0.05, 0) is 11.1 Å². The molecule has 2 saturated heterocycles. The number of ether oxygens (including phenoxy) is 2. The summed E-state index contributed by atoms with van der Waals surface area (Å²) in [5.74, 6) is -0.590. The molecule has 6 heteroatoms. The van der Waals surface area contributed by atoms with Crippen molar-refractivity contribution < 1.29 is 19.1 Å². The van der Waals surface area contributed by atoms with Gasteiger partial charge in [-0.2, -0.15) is 0 Å². The summed E-state index contributed by atoms with van der Waals surface area (Å²) in [7, 11) is 3.32. The van der Waals surface area contributed by atoms with Crippen LogP contribution in [0.2, 0.25) is 0 Å². The summed E-state index contributed by atoms with van der Waals surface area (Å²) in [5.41, 5.74) is -1.96. The Morgan fingerprint density at radius 3 is 1.31 bits per heavy atom. The summed E-state index contributed by atoms with van der Waals surface area (Å²) in [6.45, 7) is 0.172. The SMILES string of the molecule is CN1COC(c2ccccc2)(C2(c3ccccc3)OCN(C)C2=O)C1=O. The molecule has 0 aliphatic carbocycles. The third-order valence-corrected chi connectivity index (χ3v) is 5.10. The summed E-state index contributed by atoms with van der Waals surface area (Å²) >= 11 is 0. The summed E-state index contributed by atoms with van der Waals surface area (Å²) in [4.78, 5) is 29.7. The Kier molecular flexibility index (Phi) is 3.82. The van der Waals surface area contributed by atoms with Crippen molar-refractivity contribution >= 4 is 11.8 Å². The van der Waals surface area contributed by atoms with Crippen molar-refractivity contribution in [2.24, 2.45) is 0 Å². The predicted octanol–water partition coefficient (Wildman–Crippen LogP) is 1.67. The lowest BCUT2D eigenvalue weighted by Gasteiger charge is -2.41. The monoisotopic (exact) mass is 352 g/mol. The number of benzene rings is 2. The Balaban J connectivity index is 2.05. The largest absolute Gasteiger partial charge is 0.336 e. The van der Waals surface area contributed by atoms with Crippen LogP contribution in [0.15, 0.2) is 60.7 Å². The van der Waals surface area contributed by atoms with Gasteiger partial charge in [-0.3, -0.25) is 9.59 Å². The van der Waals surface area contributed by atoms with E-state index in [-0.39, 0.29) is 25.3 Å². The first-order valence-electron chi connectivity index (χ1n) is 8.44. The van der Waals surface area contributed by atoms with Crippen LogP contribution in [0, 0.1) is 0 Å². The number of hydrogen-bond acceptors (Lipinski definition) is 4. The number of rotatable bonds is 3. The summed E-state index contributed by atoms with van der Waals surface area (Å²) in [5, 5.41) is 0. The van der Waals surface area contributed by atoms with Crippen molar-refractivity contribution in [3.8, 4) is 0 Å². The van der Waals surface area contributed by atoms with Crippen molar-refractivity contribution in [2.45, 2.75) is 11.2 Å². The van der Waals surface area contributed by atoms with Crippen LogP contribution in [0.3, 0.4) is 0 Å². The molecular formula is C20H20N2O4. The van der Waals surface area contributed by atoms with Gasteiger partial charge in [-0.15, -0.1) is 0 Å². The maximum atomic E-state index is 13.4. The van der Waals surface area contributed by atoms with Gasteiger partial charge in [0.1, 0.15) is 13.5 Å². The summed E-state index contributed by atoms with van der Waals surface area (Å²) < 4.78 is 12.2. The fraction of sp³-hybridized carbons (Fsp3) is 0.300. The highest BCUT2D eigenvalue weighted by Gasteiger charge is 2.71. The van der Waals surface area contributed by atoms with Crippen LogP contribution in [0.1, 0.15) is 11.1 Å². The molecule has 2 amide bonds. The maximum absolute atomic E-state index is 13.4. The topological polar surface area (TPSA) is 59.1 Å². The summed E-state index contributed by atoms with van der Waals surface area (Å²) in [6.07, 6.45) is 0. The lowest BCUT2D eigenvalue weighted by Crippen LogP contribution is -2.59. The van der Waals surface area contributed by atoms with E-state index in [9.17, 15) is 9.59 Å². The third kappa shape index (κ3) is 2.00. The molecule has 2 aliphatic rings. The van der Waals surface area contributed by atoms with Crippen LogP contribution < -0.4 is 0 Å². The van der Waals surface area contributed by atoms with E-state index in [1.165, 1.54) is 9.80 Å². The van der Waals surface area contributed by atoms with Gasteiger partial charge in [0, 0.05) is 14.1 Å². The van der Waals surface area contributed by atoms with Gasteiger partial charge >= 0.3 is 0 Å². The van der Waals surface area contributed by atoms with Crippen molar-refractivity contribution in [1.29, 1.82) is 0 Å². The third-order valence-electron chi connectivity index (χ3n) is 5.10. The zero-order valence-electron chi connectivity index (χ0n) is 14.7. The standard InChI is InChI=1S/C20H20N2O4/c1-21-13-25-19(17(21)23,15-9-5-3-6-10-15)20(16-11-7-4-8-12-16)18(24)22(2)14-26-20/h3-12H,13-14H2,1-2H3. The Bertz CT molecular complexity index is 770. The Morgan fingerprint density at radius 2 is 1.04 bits per heavy atom. The number of carbonyl (C=O) groups excluding carboxylic acids is 2. The highest BCUT2D eigenvalue weighted by atomic mass is 16.6. The van der Waals surface area contributed by atoms with Gasteiger partial charge in [0.2, 0.25) is 11.2 Å². The minimum atomic E-state index is -1.58. The van der Waals surface area contributed by atoms with E-state index in [1.54, 1.807) is 38.4 Å². The Hall–Kier alpha value is -2.70. The molecule has 4 rings (SSSR count). The first-order valence-corrected chi connectivity index (χ1v) is 8.44. The minimum absolute atomic E-state index is 0.0860. The second-order valence-electron chi connectivity index (χ2n) is 6.65. The van der Waals surface area contributed by atoms with Gasteiger partial charge in [0.15, 0.2) is 0 Å². The van der Waals surface area contributed by atoms with Gasteiger partial charge in [-0.1, -0.05) is 60.7 Å². The van der Waals surface area contributed by atoms with E-state index in [1.807, 2.05) is 36.4 Å². The first-order chi connectivity index (χ1) is 12.5. The molecule has 6 nitrogen and oxygen atoms in total. The Labute approximate surface area is 151 Å². The van der Waals surface area contributed by atoms with Crippen molar-refractivity contribution in [3.63, 3.8) is 0 Å². The van der Waals surface area contributed by atoms with Crippen molar-refractivity contribution in [3.05, 3.63) is 71.8 Å². The van der Waals surface area contributed by atoms with Gasteiger partial charge in [0.25, 0.3) is 11.8 Å². The van der Waals surface area contributed by atoms with Crippen molar-refractivity contribution in [1.82, 2.24) is 9.80 Å². The lowest BCUT2D eigenvalue weighted by molar-refractivity contribution is -0.189. The van der Waals surface area contributed by atoms with E-state index >= 15 is 0 Å². The molecule has 0 N–H and O–H groups in total. The molecule has 2 unspecified atom stereocenters. The molecule has 0 radical (unpaired) electrons. The molecule has 0 saturated carbocycles. The van der Waals surface area contributed by atoms with E-state index < -0.39 is 11.2 Å². The van der Waals surface area contributed by atoms with E-state index in [0.29, 0.717) is 11.1 Å². The van der Waals surface area contributed by atoms with Crippen molar-refractivity contribution in [2.75, 3.05) is 27.6 Å². The molecule has 2 heterocycles. The molecule has 0 bridgehead atoms. The maximum Gasteiger partial charge on any atom is 0.265 e. The molecule has 26 heavy (non-hydrogen) atoms. The first kappa shape index (κ1) is 16.8. The van der Waals surface area contributed by atoms with Crippen LogP contribution in [0.5, 0.6) is 0 Å². The average molecular weight is 352 g/mol. The number of likely N-dealkylation sites (N-methyl/N-ethyl adjacent to an activating group) is 2. The fourth-order valence-electron chi connectivity index (χ4n) is 3.84. The smallest absolute Gasteiger partial charge is 0.265 e. The summed E-state index contributed by atoms with van der Waals surface area (Å²) in [6, 6.07) is 18.2. The molecule has 0 spiro atoms. The predicted molar refractivity (Wildman–Crippen MR) is 93.7 cm³/mol. The van der Waals surface area contributed by atoms with E-state index in [0.717, 1.165) is 0 Å². The van der Waals surface area contributed by atoms with Gasteiger partial charge < -0.3 is 19.3 Å². The molecule has 2 aromatic rings. The zero-order chi connectivity index (χ0) is 18.4. The van der Waals surface area contributed by atoms with Crippen LogP contribution >= 0.6 is 0 Å². The number of carbonyl (C=O) groups is 2. The normalized spacial score (nSPS) is 28.8. The lowest BCUT2D eigenvalue weighted by atomic mass is 9.72. The van der Waals surface area contributed by atoms with E-state index in [4.69, 9.17) is 9.47 Å². The van der Waals surface area contributed by atoms with Gasteiger partial charge in [-0.25, -0.2) is 0 Å². The van der Waals surface area contributed by atoms with E-state index in [2.05, 4.69) is 0 Å². The molecule has 2 aromatic carbocycles. The molecule has 2 aliphatic heterocycles. The molecule has 0 aromatic heterocycles. The quantitative estimate of drug-likeness (QED) is 0.843. The average Bonchev–Trinajstić information content (AvgIpc) is 3.16. The highest BCUT2D eigenvalue weighted by Crippen LogP contribution is 2.52. The molecule has 2 fully saturated rings. The molecule has 2 atom stereocenters. The van der Waals surface area contributed by atoms with Crippen LogP contribution in [-0.4, -0.2) is 49.2 Å². The second kappa shape index (κ2) is 5.93. The number of nitrogens with zero attached hydrogens (tertiary/aromatic N) is 2. The number of hydrogen-bond donors (Lipinski definition) is 0. The highest BCUT2D eigenvalue weighted by molar-refractivity contribution is 6.00. The fourth-order valence-corrected chi connectivity index (χ4v) is 3.84. The van der Waals surface area contributed by atoms with Crippen LogP contribution in [-0.2, 0) is 30.3 Å². The zero-order valence-corrected chi connectivity index (χ0v) is 14.7. The van der Waals surface area contributed by atoms with Crippen LogP contribution in [0.4, 0.5) is 0 Å².